The first-order valence-corrected chi connectivity index (χ1v) is 6.53. The van der Waals surface area contributed by atoms with Crippen molar-refractivity contribution in [2.45, 2.75) is 33.0 Å². The highest BCUT2D eigenvalue weighted by Gasteiger charge is 2.28. The monoisotopic (exact) mass is 313 g/mol. The lowest BCUT2D eigenvalue weighted by Crippen LogP contribution is -2.19. The summed E-state index contributed by atoms with van der Waals surface area (Å²) in [5.74, 6) is 0.165. The zero-order valence-corrected chi connectivity index (χ0v) is 12.0. The minimum absolute atomic E-state index is 0.112. The van der Waals surface area contributed by atoms with E-state index >= 15 is 0 Å². The Morgan fingerprint density at radius 1 is 1.36 bits per heavy atom. The van der Waals surface area contributed by atoms with Crippen molar-refractivity contribution in [3.8, 4) is 0 Å². The average molecular weight is 313 g/mol. The summed E-state index contributed by atoms with van der Waals surface area (Å²) in [4.78, 5) is 20.2. The van der Waals surface area contributed by atoms with Gasteiger partial charge >= 0.3 is 6.18 Å². The van der Waals surface area contributed by atoms with Crippen LogP contribution in [0.5, 0.6) is 0 Å². The van der Waals surface area contributed by atoms with Crippen LogP contribution in [-0.2, 0) is 13.0 Å². The molecule has 2 rings (SSSR count). The van der Waals surface area contributed by atoms with Gasteiger partial charge in [0.15, 0.2) is 5.69 Å². The number of rotatable bonds is 4. The molecule has 2 aromatic rings. The number of nitrogens with zero attached hydrogens (tertiary/aromatic N) is 4. The number of aromatic nitrogens is 4. The standard InChI is InChI=1S/C13H14F3N5O/c1-3-9-6-11(18-8(2)17-9)19-12(22)10-4-5-21(20-10)7-13(14,15)16/h4-6H,3,7H2,1-2H3,(H,17,18,19,22). The molecule has 0 aliphatic heterocycles. The lowest BCUT2D eigenvalue weighted by molar-refractivity contribution is -0.142. The number of carbonyl (C=O) groups excluding carboxylic acids is 1. The third-order valence-corrected chi connectivity index (χ3v) is 2.71. The van der Waals surface area contributed by atoms with Gasteiger partial charge in [0.2, 0.25) is 0 Å². The molecule has 2 aromatic heterocycles. The summed E-state index contributed by atoms with van der Waals surface area (Å²) < 4.78 is 37.4. The Morgan fingerprint density at radius 2 is 2.09 bits per heavy atom. The molecule has 0 aliphatic rings. The van der Waals surface area contributed by atoms with Crippen molar-refractivity contribution in [2.24, 2.45) is 0 Å². The molecule has 0 aliphatic carbocycles. The van der Waals surface area contributed by atoms with Crippen molar-refractivity contribution in [3.05, 3.63) is 35.5 Å². The molecular formula is C13H14F3N5O. The zero-order valence-electron chi connectivity index (χ0n) is 12.0. The molecule has 6 nitrogen and oxygen atoms in total. The Bertz CT molecular complexity index is 681. The van der Waals surface area contributed by atoms with E-state index < -0.39 is 18.6 Å². The molecule has 0 unspecified atom stereocenters. The minimum atomic E-state index is -4.39. The molecule has 0 radical (unpaired) electrons. The highest BCUT2D eigenvalue weighted by atomic mass is 19.4. The van der Waals surface area contributed by atoms with E-state index in [1.807, 2.05) is 6.92 Å². The zero-order chi connectivity index (χ0) is 16.3. The van der Waals surface area contributed by atoms with E-state index in [0.29, 0.717) is 22.7 Å². The molecule has 0 spiro atoms. The fraction of sp³-hybridized carbons (Fsp3) is 0.385. The van der Waals surface area contributed by atoms with Crippen LogP contribution in [0.3, 0.4) is 0 Å². The fourth-order valence-electron chi connectivity index (χ4n) is 1.81. The van der Waals surface area contributed by atoms with Gasteiger partial charge in [-0.1, -0.05) is 6.92 Å². The van der Waals surface area contributed by atoms with Crippen LogP contribution in [0.4, 0.5) is 19.0 Å². The molecule has 0 saturated heterocycles. The number of nitrogens with one attached hydrogen (secondary N) is 1. The molecule has 9 heteroatoms. The van der Waals surface area contributed by atoms with E-state index in [9.17, 15) is 18.0 Å². The predicted molar refractivity (Wildman–Crippen MR) is 72.4 cm³/mol. The maximum Gasteiger partial charge on any atom is 0.408 e. The lowest BCUT2D eigenvalue weighted by atomic mass is 10.3. The molecule has 0 atom stereocenters. The molecule has 1 N–H and O–H groups in total. The second-order valence-electron chi connectivity index (χ2n) is 4.61. The summed E-state index contributed by atoms with van der Waals surface area (Å²) in [6.45, 7) is 2.35. The number of alkyl halides is 3. The van der Waals surface area contributed by atoms with E-state index in [2.05, 4.69) is 20.4 Å². The largest absolute Gasteiger partial charge is 0.408 e. The first kappa shape index (κ1) is 15.9. The van der Waals surface area contributed by atoms with Gasteiger partial charge in [-0.2, -0.15) is 18.3 Å². The third-order valence-electron chi connectivity index (χ3n) is 2.71. The van der Waals surface area contributed by atoms with Crippen LogP contribution in [-0.4, -0.2) is 31.8 Å². The van der Waals surface area contributed by atoms with Crippen LogP contribution in [0.2, 0.25) is 0 Å². The Hall–Kier alpha value is -2.45. The SMILES string of the molecule is CCc1cc(NC(=O)c2ccn(CC(F)(F)F)n2)nc(C)n1. The summed E-state index contributed by atoms with van der Waals surface area (Å²) in [6, 6.07) is 2.83. The number of hydrogen-bond donors (Lipinski definition) is 1. The topological polar surface area (TPSA) is 72.7 Å². The summed E-state index contributed by atoms with van der Waals surface area (Å²) in [6.07, 6.45) is -2.61. The first-order chi connectivity index (χ1) is 10.3. The second-order valence-corrected chi connectivity index (χ2v) is 4.61. The first-order valence-electron chi connectivity index (χ1n) is 6.53. The van der Waals surface area contributed by atoms with E-state index in [0.717, 1.165) is 11.9 Å². The Balaban J connectivity index is 2.11. The maximum absolute atomic E-state index is 12.2. The van der Waals surface area contributed by atoms with Gasteiger partial charge in [-0.15, -0.1) is 0 Å². The van der Waals surface area contributed by atoms with Crippen LogP contribution in [0.1, 0.15) is 28.9 Å². The van der Waals surface area contributed by atoms with Crippen molar-refractivity contribution in [1.29, 1.82) is 0 Å². The average Bonchev–Trinajstić information content (AvgIpc) is 2.84. The molecule has 0 saturated carbocycles. The van der Waals surface area contributed by atoms with E-state index in [-0.39, 0.29) is 5.69 Å². The number of carbonyl (C=O) groups is 1. The van der Waals surface area contributed by atoms with Crippen molar-refractivity contribution < 1.29 is 18.0 Å². The number of amides is 1. The molecule has 1 amide bonds. The van der Waals surface area contributed by atoms with Crippen molar-refractivity contribution in [2.75, 3.05) is 5.32 Å². The van der Waals surface area contributed by atoms with Crippen molar-refractivity contribution >= 4 is 11.7 Å². The smallest absolute Gasteiger partial charge is 0.305 e. The van der Waals surface area contributed by atoms with E-state index in [4.69, 9.17) is 0 Å². The molecule has 0 fully saturated rings. The van der Waals surface area contributed by atoms with Crippen LogP contribution in [0.15, 0.2) is 18.3 Å². The normalized spacial score (nSPS) is 11.5. The van der Waals surface area contributed by atoms with E-state index in [1.54, 1.807) is 13.0 Å². The van der Waals surface area contributed by atoms with Gasteiger partial charge < -0.3 is 5.32 Å². The van der Waals surface area contributed by atoms with Crippen molar-refractivity contribution in [1.82, 2.24) is 19.7 Å². The molecule has 22 heavy (non-hydrogen) atoms. The van der Waals surface area contributed by atoms with Gasteiger partial charge in [0.05, 0.1) is 0 Å². The highest BCUT2D eigenvalue weighted by molar-refractivity contribution is 6.02. The fourth-order valence-corrected chi connectivity index (χ4v) is 1.81. The van der Waals surface area contributed by atoms with Crippen LogP contribution in [0.25, 0.3) is 0 Å². The minimum Gasteiger partial charge on any atom is -0.305 e. The summed E-state index contributed by atoms with van der Waals surface area (Å²) in [7, 11) is 0. The van der Waals surface area contributed by atoms with Gasteiger partial charge in [-0.25, -0.2) is 9.97 Å². The molecule has 2 heterocycles. The number of hydrogen-bond acceptors (Lipinski definition) is 4. The summed E-state index contributed by atoms with van der Waals surface area (Å²) in [5.41, 5.74) is 0.643. The van der Waals surface area contributed by atoms with E-state index in [1.165, 1.54) is 6.07 Å². The highest BCUT2D eigenvalue weighted by Crippen LogP contribution is 2.17. The molecule has 0 bridgehead atoms. The maximum atomic E-state index is 12.2. The predicted octanol–water partition coefficient (Wildman–Crippen LogP) is 2.36. The van der Waals surface area contributed by atoms with Gasteiger partial charge in [0.1, 0.15) is 18.2 Å². The third kappa shape index (κ3) is 4.27. The number of anilines is 1. The number of halogens is 3. The van der Waals surface area contributed by atoms with Gasteiger partial charge in [-0.05, 0) is 19.4 Å². The van der Waals surface area contributed by atoms with Gasteiger partial charge in [-0.3, -0.25) is 9.48 Å². The molecule has 0 aromatic carbocycles. The van der Waals surface area contributed by atoms with Crippen LogP contribution < -0.4 is 5.32 Å². The number of aryl methyl sites for hydroxylation is 2. The van der Waals surface area contributed by atoms with Gasteiger partial charge in [0.25, 0.3) is 5.91 Å². The van der Waals surface area contributed by atoms with Gasteiger partial charge in [0, 0.05) is 18.0 Å². The Morgan fingerprint density at radius 3 is 2.73 bits per heavy atom. The lowest BCUT2D eigenvalue weighted by Gasteiger charge is -2.06. The Labute approximate surface area is 124 Å². The summed E-state index contributed by atoms with van der Waals surface area (Å²) in [5, 5.41) is 6.10. The van der Waals surface area contributed by atoms with Crippen molar-refractivity contribution in [3.63, 3.8) is 0 Å². The van der Waals surface area contributed by atoms with Crippen LogP contribution >= 0.6 is 0 Å². The molecular weight excluding hydrogens is 299 g/mol. The quantitative estimate of drug-likeness (QED) is 0.940. The Kier molecular flexibility index (Phi) is 4.43. The second kappa shape index (κ2) is 6.12. The molecule has 118 valence electrons. The van der Waals surface area contributed by atoms with Crippen LogP contribution in [0, 0.1) is 6.92 Å². The summed E-state index contributed by atoms with van der Waals surface area (Å²) >= 11 is 0.